The van der Waals surface area contributed by atoms with Crippen LogP contribution in [0.3, 0.4) is 0 Å². The fourth-order valence-corrected chi connectivity index (χ4v) is 2.42. The van der Waals surface area contributed by atoms with Gasteiger partial charge < -0.3 is 9.67 Å². The number of aromatic nitrogens is 4. The van der Waals surface area contributed by atoms with Gasteiger partial charge >= 0.3 is 5.97 Å². The number of hydrogen-bond acceptors (Lipinski definition) is 4. The molecule has 0 aliphatic heterocycles. The molecule has 0 amide bonds. The van der Waals surface area contributed by atoms with E-state index in [1.54, 1.807) is 10.6 Å². The minimum Gasteiger partial charge on any atom is -0.481 e. The third-order valence-electron chi connectivity index (χ3n) is 3.39. The molecule has 22 heavy (non-hydrogen) atoms. The molecule has 7 nitrogen and oxygen atoms in total. The van der Waals surface area contributed by atoms with Crippen molar-refractivity contribution in [2.75, 3.05) is 0 Å². The third-order valence-corrected chi connectivity index (χ3v) is 3.39. The zero-order valence-corrected chi connectivity index (χ0v) is 11.8. The molecule has 0 spiro atoms. The van der Waals surface area contributed by atoms with E-state index in [4.69, 9.17) is 5.11 Å². The smallest absolute Gasteiger partial charge is 0.303 e. The first-order chi connectivity index (χ1) is 10.6. The Morgan fingerprint density at radius 1 is 1.32 bits per heavy atom. The molecule has 0 saturated heterocycles. The predicted octanol–water partition coefficient (Wildman–Crippen LogP) is 1.25. The Bertz CT molecular complexity index is 939. The molecule has 0 aliphatic rings. The van der Waals surface area contributed by atoms with Gasteiger partial charge in [-0.1, -0.05) is 18.2 Å². The lowest BCUT2D eigenvalue weighted by molar-refractivity contribution is -0.136. The molecule has 3 aromatic rings. The van der Waals surface area contributed by atoms with Crippen LogP contribution in [-0.2, 0) is 17.8 Å². The van der Waals surface area contributed by atoms with E-state index >= 15 is 0 Å². The number of fused-ring (bicyclic) bond motifs is 3. The van der Waals surface area contributed by atoms with Gasteiger partial charge in [-0.25, -0.2) is 0 Å². The summed E-state index contributed by atoms with van der Waals surface area (Å²) in [4.78, 5) is 26.8. The maximum atomic E-state index is 12.1. The predicted molar refractivity (Wildman–Crippen MR) is 80.9 cm³/mol. The molecule has 1 aromatic carbocycles. The van der Waals surface area contributed by atoms with Crippen molar-refractivity contribution >= 4 is 22.8 Å². The maximum absolute atomic E-state index is 12.1. The number of carboxylic acid groups (broad SMARTS) is 1. The Labute approximate surface area is 125 Å². The highest BCUT2D eigenvalue weighted by Gasteiger charge is 2.14. The molecule has 0 atom stereocenters. The molecule has 0 aliphatic carbocycles. The molecule has 1 N–H and O–H groups in total. The van der Waals surface area contributed by atoms with Gasteiger partial charge in [0, 0.05) is 13.0 Å². The Morgan fingerprint density at radius 2 is 2.05 bits per heavy atom. The van der Waals surface area contributed by atoms with Crippen molar-refractivity contribution in [1.82, 2.24) is 19.2 Å². The van der Waals surface area contributed by atoms with Crippen molar-refractivity contribution in [2.45, 2.75) is 19.4 Å². The SMILES string of the molecule is C=CCn1c2ccccc2n2nc(CCC(=O)O)c(=O)nc12. The number of nitrogens with zero attached hydrogens (tertiary/aromatic N) is 4. The molecular formula is C15H14N4O3. The molecule has 0 unspecified atom stereocenters. The molecule has 0 radical (unpaired) electrons. The van der Waals surface area contributed by atoms with Crippen LogP contribution in [0.4, 0.5) is 0 Å². The second kappa shape index (κ2) is 5.44. The number of aliphatic carboxylic acids is 1. The van der Waals surface area contributed by atoms with Gasteiger partial charge in [0.2, 0.25) is 5.78 Å². The number of allylic oxidation sites excluding steroid dienone is 1. The van der Waals surface area contributed by atoms with Crippen LogP contribution in [0.5, 0.6) is 0 Å². The highest BCUT2D eigenvalue weighted by molar-refractivity contribution is 5.80. The van der Waals surface area contributed by atoms with E-state index in [0.717, 1.165) is 11.0 Å². The Morgan fingerprint density at radius 3 is 2.73 bits per heavy atom. The summed E-state index contributed by atoms with van der Waals surface area (Å²) in [6.45, 7) is 4.22. The average molecular weight is 298 g/mol. The van der Waals surface area contributed by atoms with Crippen LogP contribution in [0.15, 0.2) is 41.7 Å². The lowest BCUT2D eigenvalue weighted by Crippen LogP contribution is -2.20. The van der Waals surface area contributed by atoms with E-state index in [9.17, 15) is 9.59 Å². The summed E-state index contributed by atoms with van der Waals surface area (Å²) >= 11 is 0. The number of imidazole rings is 1. The van der Waals surface area contributed by atoms with Crippen LogP contribution in [0, 0.1) is 0 Å². The van der Waals surface area contributed by atoms with E-state index in [1.807, 2.05) is 28.8 Å². The fourth-order valence-electron chi connectivity index (χ4n) is 2.42. The summed E-state index contributed by atoms with van der Waals surface area (Å²) in [6.07, 6.45) is 1.63. The van der Waals surface area contributed by atoms with Gasteiger partial charge in [-0.2, -0.15) is 14.6 Å². The zero-order chi connectivity index (χ0) is 15.7. The molecular weight excluding hydrogens is 284 g/mol. The Kier molecular flexibility index (Phi) is 3.46. The van der Waals surface area contributed by atoms with Gasteiger partial charge in [-0.05, 0) is 12.1 Å². The minimum atomic E-state index is -0.972. The Balaban J connectivity index is 2.27. The number of para-hydroxylation sites is 2. The molecule has 0 saturated carbocycles. The van der Waals surface area contributed by atoms with E-state index in [1.165, 1.54) is 0 Å². The largest absolute Gasteiger partial charge is 0.481 e. The van der Waals surface area contributed by atoms with Crippen molar-refractivity contribution in [2.24, 2.45) is 0 Å². The molecule has 2 aromatic heterocycles. The molecule has 112 valence electrons. The van der Waals surface area contributed by atoms with E-state index in [2.05, 4.69) is 16.7 Å². The zero-order valence-electron chi connectivity index (χ0n) is 11.8. The number of hydrogen-bond donors (Lipinski definition) is 1. The molecule has 0 bridgehead atoms. The third kappa shape index (κ3) is 2.26. The van der Waals surface area contributed by atoms with Gasteiger partial charge in [-0.15, -0.1) is 6.58 Å². The second-order valence-electron chi connectivity index (χ2n) is 4.86. The molecule has 7 heteroatoms. The summed E-state index contributed by atoms with van der Waals surface area (Å²) in [5, 5.41) is 13.1. The summed E-state index contributed by atoms with van der Waals surface area (Å²) in [7, 11) is 0. The van der Waals surface area contributed by atoms with E-state index in [0.29, 0.717) is 12.3 Å². The maximum Gasteiger partial charge on any atom is 0.303 e. The van der Waals surface area contributed by atoms with Crippen LogP contribution in [-0.4, -0.2) is 30.2 Å². The molecule has 2 heterocycles. The van der Waals surface area contributed by atoms with Crippen molar-refractivity contribution in [1.29, 1.82) is 0 Å². The van der Waals surface area contributed by atoms with Crippen molar-refractivity contribution in [3.05, 3.63) is 53.0 Å². The number of rotatable bonds is 5. The van der Waals surface area contributed by atoms with Gasteiger partial charge in [0.25, 0.3) is 5.56 Å². The highest BCUT2D eigenvalue weighted by Crippen LogP contribution is 2.18. The summed E-state index contributed by atoms with van der Waals surface area (Å²) in [5.74, 6) is -0.550. The van der Waals surface area contributed by atoms with E-state index < -0.39 is 11.5 Å². The van der Waals surface area contributed by atoms with Crippen LogP contribution in [0.25, 0.3) is 16.8 Å². The Hall–Kier alpha value is -2.96. The topological polar surface area (TPSA) is 89.5 Å². The lowest BCUT2D eigenvalue weighted by atomic mass is 10.2. The van der Waals surface area contributed by atoms with Gasteiger partial charge in [0.1, 0.15) is 5.69 Å². The first-order valence-electron chi connectivity index (χ1n) is 6.81. The fraction of sp³-hybridized carbons (Fsp3) is 0.200. The number of benzene rings is 1. The van der Waals surface area contributed by atoms with Crippen LogP contribution < -0.4 is 5.56 Å². The number of carbonyl (C=O) groups is 1. The van der Waals surface area contributed by atoms with E-state index in [-0.39, 0.29) is 18.5 Å². The summed E-state index contributed by atoms with van der Waals surface area (Å²) in [5.41, 5.74) is 1.36. The van der Waals surface area contributed by atoms with Crippen LogP contribution in [0.2, 0.25) is 0 Å². The summed E-state index contributed by atoms with van der Waals surface area (Å²) < 4.78 is 3.43. The standard InChI is InChI=1S/C15H14N4O3/c1-2-9-18-11-5-3-4-6-12(11)19-15(18)16-14(22)10(17-19)7-8-13(20)21/h2-6H,1,7-9H2,(H,20,21). The quantitative estimate of drug-likeness (QED) is 0.716. The summed E-state index contributed by atoms with van der Waals surface area (Å²) in [6, 6.07) is 7.56. The molecule has 0 fully saturated rings. The first-order valence-corrected chi connectivity index (χ1v) is 6.81. The monoisotopic (exact) mass is 298 g/mol. The number of aryl methyl sites for hydroxylation is 1. The normalized spacial score (nSPS) is 11.1. The average Bonchev–Trinajstić information content (AvgIpc) is 2.79. The van der Waals surface area contributed by atoms with Crippen LogP contribution in [0.1, 0.15) is 12.1 Å². The minimum absolute atomic E-state index is 0.0606. The van der Waals surface area contributed by atoms with Gasteiger partial charge in [0.15, 0.2) is 0 Å². The van der Waals surface area contributed by atoms with Gasteiger partial charge in [-0.3, -0.25) is 9.59 Å². The van der Waals surface area contributed by atoms with Crippen molar-refractivity contribution in [3.63, 3.8) is 0 Å². The van der Waals surface area contributed by atoms with Crippen LogP contribution >= 0.6 is 0 Å². The number of carboxylic acids is 1. The van der Waals surface area contributed by atoms with Crippen molar-refractivity contribution < 1.29 is 9.90 Å². The van der Waals surface area contributed by atoms with Gasteiger partial charge in [0.05, 0.1) is 17.5 Å². The highest BCUT2D eigenvalue weighted by atomic mass is 16.4. The second-order valence-corrected chi connectivity index (χ2v) is 4.86. The first kappa shape index (κ1) is 14.0. The lowest BCUT2D eigenvalue weighted by Gasteiger charge is -2.01. The van der Waals surface area contributed by atoms with Crippen molar-refractivity contribution in [3.8, 4) is 0 Å². The molecule has 3 rings (SSSR count).